The SMILES string of the molecule is O=C1NC(=O)N(CCC2=CCCCC2)C(=O)/C1=C/c1ccco1. The Morgan fingerprint density at radius 3 is 2.83 bits per heavy atom. The third-order valence-corrected chi connectivity index (χ3v) is 4.06. The number of hydrogen-bond donors (Lipinski definition) is 1. The van der Waals surface area contributed by atoms with E-state index in [4.69, 9.17) is 4.42 Å². The zero-order chi connectivity index (χ0) is 16.2. The standard InChI is InChI=1S/C17H18N2O4/c20-15-14(11-13-7-4-10-23-13)16(21)19(17(22)18-15)9-8-12-5-2-1-3-6-12/h4-5,7,10-11H,1-3,6,8-9H2,(H,18,20,22)/b14-11+. The maximum absolute atomic E-state index is 12.5. The van der Waals surface area contributed by atoms with E-state index >= 15 is 0 Å². The maximum Gasteiger partial charge on any atom is 0.331 e. The predicted octanol–water partition coefficient (Wildman–Crippen LogP) is 2.63. The summed E-state index contributed by atoms with van der Waals surface area (Å²) in [5.41, 5.74) is 1.18. The van der Waals surface area contributed by atoms with E-state index in [0.717, 1.165) is 24.2 Å². The molecule has 6 nitrogen and oxygen atoms in total. The topological polar surface area (TPSA) is 79.6 Å². The van der Waals surface area contributed by atoms with Crippen LogP contribution >= 0.6 is 0 Å². The summed E-state index contributed by atoms with van der Waals surface area (Å²) < 4.78 is 5.13. The number of nitrogens with one attached hydrogen (secondary N) is 1. The number of carbonyl (C=O) groups excluding carboxylic acids is 3. The van der Waals surface area contributed by atoms with Crippen LogP contribution in [0.2, 0.25) is 0 Å². The van der Waals surface area contributed by atoms with Gasteiger partial charge < -0.3 is 4.42 Å². The molecular formula is C17H18N2O4. The highest BCUT2D eigenvalue weighted by Gasteiger charge is 2.35. The zero-order valence-corrected chi connectivity index (χ0v) is 12.7. The molecule has 1 aliphatic heterocycles. The molecule has 4 amide bonds. The molecule has 0 aromatic carbocycles. The van der Waals surface area contributed by atoms with Gasteiger partial charge in [-0.05, 0) is 50.3 Å². The number of imide groups is 2. The van der Waals surface area contributed by atoms with Crippen LogP contribution in [-0.2, 0) is 9.59 Å². The van der Waals surface area contributed by atoms with Crippen LogP contribution in [0.4, 0.5) is 4.79 Å². The molecule has 2 heterocycles. The van der Waals surface area contributed by atoms with E-state index in [1.165, 1.54) is 24.3 Å². The molecule has 6 heteroatoms. The smallest absolute Gasteiger partial charge is 0.331 e. The van der Waals surface area contributed by atoms with Gasteiger partial charge in [0.1, 0.15) is 11.3 Å². The Morgan fingerprint density at radius 1 is 1.26 bits per heavy atom. The van der Waals surface area contributed by atoms with Crippen LogP contribution < -0.4 is 5.32 Å². The molecule has 1 saturated heterocycles. The molecule has 3 rings (SSSR count). The van der Waals surface area contributed by atoms with Crippen molar-refractivity contribution in [3.05, 3.63) is 41.4 Å². The van der Waals surface area contributed by atoms with E-state index in [1.807, 2.05) is 0 Å². The summed E-state index contributed by atoms with van der Waals surface area (Å²) >= 11 is 0. The van der Waals surface area contributed by atoms with Crippen molar-refractivity contribution in [2.75, 3.05) is 6.54 Å². The molecule has 1 aliphatic carbocycles. The zero-order valence-electron chi connectivity index (χ0n) is 12.7. The molecule has 0 unspecified atom stereocenters. The highest BCUT2D eigenvalue weighted by atomic mass is 16.3. The second kappa shape index (κ2) is 6.64. The number of furan rings is 1. The fraction of sp³-hybridized carbons (Fsp3) is 0.353. The average molecular weight is 314 g/mol. The molecule has 1 aromatic heterocycles. The molecule has 1 aromatic rings. The average Bonchev–Trinajstić information content (AvgIpc) is 3.05. The number of rotatable bonds is 4. The summed E-state index contributed by atoms with van der Waals surface area (Å²) in [7, 11) is 0. The lowest BCUT2D eigenvalue weighted by Crippen LogP contribution is -2.54. The van der Waals surface area contributed by atoms with Gasteiger partial charge in [0.2, 0.25) is 0 Å². The molecule has 0 saturated carbocycles. The van der Waals surface area contributed by atoms with Gasteiger partial charge in [0.05, 0.1) is 6.26 Å². The van der Waals surface area contributed by atoms with Crippen molar-refractivity contribution in [3.8, 4) is 0 Å². The highest BCUT2D eigenvalue weighted by molar-refractivity contribution is 6.30. The molecular weight excluding hydrogens is 296 g/mol. The predicted molar refractivity (Wildman–Crippen MR) is 83.1 cm³/mol. The lowest BCUT2D eigenvalue weighted by atomic mass is 9.97. The van der Waals surface area contributed by atoms with Gasteiger partial charge in [-0.3, -0.25) is 19.8 Å². The number of barbiturate groups is 1. The second-order valence-electron chi connectivity index (χ2n) is 5.65. The van der Waals surface area contributed by atoms with Crippen molar-refractivity contribution in [2.45, 2.75) is 32.1 Å². The molecule has 0 bridgehead atoms. The van der Waals surface area contributed by atoms with Gasteiger partial charge in [-0.2, -0.15) is 0 Å². The summed E-state index contributed by atoms with van der Waals surface area (Å²) in [5, 5.41) is 2.21. The third kappa shape index (κ3) is 3.41. The van der Waals surface area contributed by atoms with Crippen LogP contribution in [0.1, 0.15) is 37.9 Å². The number of hydrogen-bond acceptors (Lipinski definition) is 4. The van der Waals surface area contributed by atoms with Gasteiger partial charge in [-0.25, -0.2) is 4.79 Å². The highest BCUT2D eigenvalue weighted by Crippen LogP contribution is 2.22. The van der Waals surface area contributed by atoms with Crippen LogP contribution in [0, 0.1) is 0 Å². The van der Waals surface area contributed by atoms with E-state index in [-0.39, 0.29) is 12.1 Å². The Kier molecular flexibility index (Phi) is 4.41. The third-order valence-electron chi connectivity index (χ3n) is 4.06. The van der Waals surface area contributed by atoms with E-state index in [2.05, 4.69) is 11.4 Å². The summed E-state index contributed by atoms with van der Waals surface area (Å²) in [6.07, 6.45) is 10.1. The fourth-order valence-corrected chi connectivity index (χ4v) is 2.80. The molecule has 1 fully saturated rings. The van der Waals surface area contributed by atoms with Crippen molar-refractivity contribution in [1.82, 2.24) is 10.2 Å². The molecule has 2 aliphatic rings. The number of allylic oxidation sites excluding steroid dienone is 1. The Bertz CT molecular complexity index is 685. The number of nitrogens with zero attached hydrogens (tertiary/aromatic N) is 1. The molecule has 1 N–H and O–H groups in total. The Balaban J connectivity index is 1.74. The number of urea groups is 1. The van der Waals surface area contributed by atoms with Crippen molar-refractivity contribution < 1.29 is 18.8 Å². The summed E-state index contributed by atoms with van der Waals surface area (Å²) in [6, 6.07) is 2.64. The van der Waals surface area contributed by atoms with E-state index in [9.17, 15) is 14.4 Å². The molecule has 0 spiro atoms. The normalized spacial score (nSPS) is 20.7. The fourth-order valence-electron chi connectivity index (χ4n) is 2.80. The van der Waals surface area contributed by atoms with Crippen LogP contribution in [0.5, 0.6) is 0 Å². The van der Waals surface area contributed by atoms with Crippen LogP contribution in [-0.4, -0.2) is 29.3 Å². The van der Waals surface area contributed by atoms with Gasteiger partial charge >= 0.3 is 6.03 Å². The van der Waals surface area contributed by atoms with Gasteiger partial charge in [-0.15, -0.1) is 0 Å². The minimum absolute atomic E-state index is 0.0860. The lowest BCUT2D eigenvalue weighted by molar-refractivity contribution is -0.130. The molecule has 23 heavy (non-hydrogen) atoms. The van der Waals surface area contributed by atoms with Crippen LogP contribution in [0.15, 0.2) is 40.0 Å². The first kappa shape index (κ1) is 15.3. The van der Waals surface area contributed by atoms with Crippen molar-refractivity contribution >= 4 is 23.9 Å². The minimum Gasteiger partial charge on any atom is -0.465 e. The van der Waals surface area contributed by atoms with Gasteiger partial charge in [0, 0.05) is 6.54 Å². The van der Waals surface area contributed by atoms with Crippen LogP contribution in [0.3, 0.4) is 0 Å². The Labute approximate surface area is 133 Å². The number of carbonyl (C=O) groups is 3. The Morgan fingerprint density at radius 2 is 2.13 bits per heavy atom. The summed E-state index contributed by atoms with van der Waals surface area (Å²) in [5.74, 6) is -0.871. The largest absolute Gasteiger partial charge is 0.465 e. The van der Waals surface area contributed by atoms with Crippen molar-refractivity contribution in [2.24, 2.45) is 0 Å². The monoisotopic (exact) mass is 314 g/mol. The first-order chi connectivity index (χ1) is 11.1. The molecule has 0 atom stereocenters. The first-order valence-corrected chi connectivity index (χ1v) is 7.75. The van der Waals surface area contributed by atoms with E-state index < -0.39 is 17.8 Å². The second-order valence-corrected chi connectivity index (χ2v) is 5.65. The quantitative estimate of drug-likeness (QED) is 0.526. The van der Waals surface area contributed by atoms with Crippen molar-refractivity contribution in [3.63, 3.8) is 0 Å². The number of amides is 4. The molecule has 120 valence electrons. The minimum atomic E-state index is -0.690. The van der Waals surface area contributed by atoms with Gasteiger partial charge in [0.25, 0.3) is 11.8 Å². The molecule has 0 radical (unpaired) electrons. The van der Waals surface area contributed by atoms with E-state index in [0.29, 0.717) is 12.2 Å². The summed E-state index contributed by atoms with van der Waals surface area (Å²) in [4.78, 5) is 37.4. The summed E-state index contributed by atoms with van der Waals surface area (Å²) in [6.45, 7) is 0.277. The van der Waals surface area contributed by atoms with Gasteiger partial charge in [0.15, 0.2) is 0 Å². The van der Waals surface area contributed by atoms with Crippen molar-refractivity contribution in [1.29, 1.82) is 0 Å². The van der Waals surface area contributed by atoms with Gasteiger partial charge in [-0.1, -0.05) is 11.6 Å². The lowest BCUT2D eigenvalue weighted by Gasteiger charge is -2.27. The first-order valence-electron chi connectivity index (χ1n) is 7.75. The van der Waals surface area contributed by atoms with E-state index in [1.54, 1.807) is 12.1 Å². The van der Waals surface area contributed by atoms with Crippen LogP contribution in [0.25, 0.3) is 6.08 Å². The Hall–Kier alpha value is -2.63. The maximum atomic E-state index is 12.5.